The van der Waals surface area contributed by atoms with E-state index < -0.39 is 18.3 Å². The van der Waals surface area contributed by atoms with Crippen molar-refractivity contribution in [1.82, 2.24) is 0 Å². The van der Waals surface area contributed by atoms with Gasteiger partial charge in [-0.25, -0.2) is 0 Å². The molecule has 0 saturated carbocycles. The van der Waals surface area contributed by atoms with Crippen molar-refractivity contribution in [3.05, 3.63) is 58.1 Å². The molecule has 2 aromatic carbocycles. The molecule has 1 heterocycles. The van der Waals surface area contributed by atoms with Crippen molar-refractivity contribution >= 4 is 11.6 Å². The van der Waals surface area contributed by atoms with E-state index in [2.05, 4.69) is 0 Å². The van der Waals surface area contributed by atoms with Gasteiger partial charge in [0.25, 0.3) is 0 Å². The minimum Gasteiger partial charge on any atom is -0.508 e. The summed E-state index contributed by atoms with van der Waals surface area (Å²) in [4.78, 5) is 25.1. The van der Waals surface area contributed by atoms with Crippen LogP contribution in [0.5, 0.6) is 11.5 Å². The highest BCUT2D eigenvalue weighted by Crippen LogP contribution is 2.50. The number of carbonyl (C=O) groups excluding carboxylic acids is 2. The topological polar surface area (TPSA) is 107 Å². The average molecular weight is 352 g/mol. The largest absolute Gasteiger partial charge is 0.508 e. The van der Waals surface area contributed by atoms with Gasteiger partial charge in [0.05, 0.1) is 5.56 Å². The third-order valence-electron chi connectivity index (χ3n) is 5.66. The van der Waals surface area contributed by atoms with Crippen LogP contribution in [0.4, 0.5) is 0 Å². The first-order valence-electron chi connectivity index (χ1n) is 8.57. The lowest BCUT2D eigenvalue weighted by Crippen LogP contribution is -2.28. The number of rotatable bonds is 1. The summed E-state index contributed by atoms with van der Waals surface area (Å²) < 4.78 is 5.28. The maximum Gasteiger partial charge on any atom is 0.195 e. The van der Waals surface area contributed by atoms with E-state index in [0.717, 1.165) is 0 Å². The van der Waals surface area contributed by atoms with Crippen LogP contribution in [-0.4, -0.2) is 39.1 Å². The molecule has 3 aliphatic rings. The molecule has 0 radical (unpaired) electrons. The van der Waals surface area contributed by atoms with E-state index in [1.807, 2.05) is 0 Å². The number of aliphatic hydroxyl groups is 1. The molecule has 0 bridgehead atoms. The van der Waals surface area contributed by atoms with Crippen LogP contribution in [0.2, 0.25) is 0 Å². The summed E-state index contributed by atoms with van der Waals surface area (Å²) in [5.74, 6) is -0.863. The highest BCUT2D eigenvalue weighted by atomic mass is 16.6. The Labute approximate surface area is 148 Å². The van der Waals surface area contributed by atoms with Gasteiger partial charge in [0.15, 0.2) is 11.6 Å². The molecule has 6 heteroatoms. The van der Waals surface area contributed by atoms with Crippen LogP contribution in [0, 0.1) is 0 Å². The van der Waals surface area contributed by atoms with E-state index in [0.29, 0.717) is 17.5 Å². The molecule has 132 valence electrons. The summed E-state index contributed by atoms with van der Waals surface area (Å²) in [5, 5.41) is 30.8. The Morgan fingerprint density at radius 1 is 0.962 bits per heavy atom. The lowest BCUT2D eigenvalue weighted by Gasteiger charge is -2.29. The first kappa shape index (κ1) is 15.5. The molecule has 5 rings (SSSR count). The number of epoxide rings is 1. The lowest BCUT2D eigenvalue weighted by molar-refractivity contribution is 0.0937. The number of Topliss-reactive ketones (excluding diaryl/α,β-unsaturated/α-hetero) is 2. The number of ether oxygens (including phenoxy) is 1. The second-order valence-corrected chi connectivity index (χ2v) is 7.05. The van der Waals surface area contributed by atoms with Crippen molar-refractivity contribution in [3.8, 4) is 11.5 Å². The minimum absolute atomic E-state index is 0.0678. The molecular weight excluding hydrogens is 336 g/mol. The quantitative estimate of drug-likeness (QED) is 0.679. The zero-order valence-electron chi connectivity index (χ0n) is 13.7. The minimum atomic E-state index is -1.05. The summed E-state index contributed by atoms with van der Waals surface area (Å²) in [6.07, 6.45) is -1.58. The van der Waals surface area contributed by atoms with Gasteiger partial charge in [-0.05, 0) is 29.7 Å². The standard InChI is InChI=1S/C20H16O6/c21-11-3-1-2-9-8(4-6-12(22)14(9)11)10-5-7-13(23)16-15(10)17(24)19-20(26-19)18(16)25/h1-3,5,7-8,18-21,23,25H,4,6H2/t8?,18?,19-,20-/m1/s1. The number of hydrogen-bond acceptors (Lipinski definition) is 6. The maximum absolute atomic E-state index is 12.8. The normalized spacial score (nSPS) is 29.0. The smallest absolute Gasteiger partial charge is 0.195 e. The van der Waals surface area contributed by atoms with Crippen LogP contribution >= 0.6 is 0 Å². The van der Waals surface area contributed by atoms with Crippen molar-refractivity contribution in [3.63, 3.8) is 0 Å². The van der Waals surface area contributed by atoms with Crippen LogP contribution in [0.3, 0.4) is 0 Å². The Balaban J connectivity index is 1.74. The zero-order valence-corrected chi connectivity index (χ0v) is 13.7. The molecule has 2 aromatic rings. The summed E-state index contributed by atoms with van der Waals surface area (Å²) in [7, 11) is 0. The molecule has 26 heavy (non-hydrogen) atoms. The maximum atomic E-state index is 12.8. The summed E-state index contributed by atoms with van der Waals surface area (Å²) in [6.45, 7) is 0. The number of ketones is 2. The molecule has 0 aromatic heterocycles. The number of phenols is 2. The molecule has 1 saturated heterocycles. The first-order chi connectivity index (χ1) is 12.5. The third-order valence-corrected chi connectivity index (χ3v) is 5.66. The van der Waals surface area contributed by atoms with Gasteiger partial charge >= 0.3 is 0 Å². The Hall–Kier alpha value is -2.70. The molecule has 2 unspecified atom stereocenters. The summed E-state index contributed by atoms with van der Waals surface area (Å²) >= 11 is 0. The van der Waals surface area contributed by atoms with Crippen molar-refractivity contribution in [1.29, 1.82) is 0 Å². The van der Waals surface area contributed by atoms with Crippen LogP contribution in [0.15, 0.2) is 30.3 Å². The van der Waals surface area contributed by atoms with Gasteiger partial charge in [-0.15, -0.1) is 0 Å². The monoisotopic (exact) mass is 352 g/mol. The van der Waals surface area contributed by atoms with Gasteiger partial charge < -0.3 is 20.1 Å². The first-order valence-corrected chi connectivity index (χ1v) is 8.57. The fourth-order valence-corrected chi connectivity index (χ4v) is 4.40. The summed E-state index contributed by atoms with van der Waals surface area (Å²) in [5.41, 5.74) is 2.08. The van der Waals surface area contributed by atoms with Crippen molar-refractivity contribution in [2.75, 3.05) is 0 Å². The SMILES string of the molecule is O=C1CCC(c2ccc(O)c3c2C(=O)[C@H]2O[C@@H]2C3O)c2cccc(O)c21. The van der Waals surface area contributed by atoms with Crippen LogP contribution in [-0.2, 0) is 4.74 Å². The highest BCUT2D eigenvalue weighted by molar-refractivity contribution is 6.07. The molecule has 0 spiro atoms. The fourth-order valence-electron chi connectivity index (χ4n) is 4.40. The molecule has 6 nitrogen and oxygen atoms in total. The van der Waals surface area contributed by atoms with Gasteiger partial charge in [0.2, 0.25) is 0 Å². The second-order valence-electron chi connectivity index (χ2n) is 7.05. The van der Waals surface area contributed by atoms with E-state index in [1.165, 1.54) is 12.1 Å². The number of benzene rings is 2. The van der Waals surface area contributed by atoms with Gasteiger partial charge in [-0.3, -0.25) is 9.59 Å². The average Bonchev–Trinajstić information content (AvgIpc) is 3.42. The zero-order chi connectivity index (χ0) is 18.2. The van der Waals surface area contributed by atoms with Gasteiger partial charge in [-0.1, -0.05) is 18.2 Å². The molecule has 2 aliphatic carbocycles. The van der Waals surface area contributed by atoms with E-state index in [4.69, 9.17) is 4.74 Å². The number of phenolic OH excluding ortho intramolecular Hbond substituents is 2. The Morgan fingerprint density at radius 2 is 1.73 bits per heavy atom. The number of fused-ring (bicyclic) bond motifs is 3. The highest BCUT2D eigenvalue weighted by Gasteiger charge is 2.56. The second kappa shape index (κ2) is 5.16. The van der Waals surface area contributed by atoms with Crippen LogP contribution in [0.1, 0.15) is 62.3 Å². The summed E-state index contributed by atoms with van der Waals surface area (Å²) in [6, 6.07) is 8.05. The van der Waals surface area contributed by atoms with E-state index >= 15 is 0 Å². The Bertz CT molecular complexity index is 979. The molecule has 1 fully saturated rings. The van der Waals surface area contributed by atoms with Crippen molar-refractivity contribution < 1.29 is 29.6 Å². The molecule has 4 atom stereocenters. The third kappa shape index (κ3) is 1.94. The number of hydrogen-bond donors (Lipinski definition) is 3. The van der Waals surface area contributed by atoms with Gasteiger partial charge in [0.1, 0.15) is 29.8 Å². The lowest BCUT2D eigenvalue weighted by atomic mass is 9.73. The van der Waals surface area contributed by atoms with E-state index in [1.54, 1.807) is 18.2 Å². The van der Waals surface area contributed by atoms with Crippen LogP contribution in [0.25, 0.3) is 0 Å². The molecule has 3 N–H and O–H groups in total. The number of aliphatic hydroxyl groups excluding tert-OH is 1. The number of aromatic hydroxyl groups is 2. The number of carbonyl (C=O) groups is 2. The predicted octanol–water partition coefficient (Wildman–Crippen LogP) is 2.20. The van der Waals surface area contributed by atoms with Crippen molar-refractivity contribution in [2.45, 2.75) is 37.1 Å². The predicted molar refractivity (Wildman–Crippen MR) is 89.6 cm³/mol. The molecule has 0 amide bonds. The van der Waals surface area contributed by atoms with E-state index in [-0.39, 0.29) is 52.1 Å². The molecular formula is C20H16O6. The molecule has 1 aliphatic heterocycles. The van der Waals surface area contributed by atoms with Crippen molar-refractivity contribution in [2.24, 2.45) is 0 Å². The Kier molecular flexibility index (Phi) is 3.08. The fraction of sp³-hybridized carbons (Fsp3) is 0.300. The van der Waals surface area contributed by atoms with Gasteiger partial charge in [0, 0.05) is 23.5 Å². The Morgan fingerprint density at radius 3 is 2.54 bits per heavy atom. The van der Waals surface area contributed by atoms with Crippen LogP contribution < -0.4 is 0 Å². The van der Waals surface area contributed by atoms with Gasteiger partial charge in [-0.2, -0.15) is 0 Å². The van der Waals surface area contributed by atoms with E-state index in [9.17, 15) is 24.9 Å².